The van der Waals surface area contributed by atoms with E-state index in [1.807, 2.05) is 66.7 Å². The molecular formula is C22H18N2O3. The summed E-state index contributed by atoms with van der Waals surface area (Å²) in [4.78, 5) is 16.9. The van der Waals surface area contributed by atoms with Gasteiger partial charge in [0.1, 0.15) is 5.52 Å². The van der Waals surface area contributed by atoms with Crippen LogP contribution in [0.4, 0.5) is 5.69 Å². The number of aromatic nitrogens is 1. The number of hydrogen-bond donors (Lipinski definition) is 1. The standard InChI is InChI=1S/C22H18N2O3/c1-26-14-15-5-4-6-17(13-15)21(25)23-18-11-9-16(10-12-18)22-24-19-7-2-3-8-20(19)27-22/h2-13H,14H2,1H3,(H,23,25). The number of amides is 1. The van der Waals surface area contributed by atoms with Gasteiger partial charge in [-0.25, -0.2) is 4.98 Å². The average molecular weight is 358 g/mol. The first-order chi connectivity index (χ1) is 13.2. The molecule has 5 heteroatoms. The molecule has 1 N–H and O–H groups in total. The lowest BCUT2D eigenvalue weighted by molar-refractivity contribution is 0.102. The molecule has 4 aromatic rings. The molecule has 0 spiro atoms. The zero-order chi connectivity index (χ0) is 18.6. The lowest BCUT2D eigenvalue weighted by atomic mass is 10.1. The van der Waals surface area contributed by atoms with Crippen LogP contribution in [-0.4, -0.2) is 18.0 Å². The van der Waals surface area contributed by atoms with Gasteiger partial charge in [0, 0.05) is 23.9 Å². The van der Waals surface area contributed by atoms with Crippen molar-refractivity contribution in [1.82, 2.24) is 4.98 Å². The third-order valence-corrected chi connectivity index (χ3v) is 4.18. The van der Waals surface area contributed by atoms with Gasteiger partial charge in [0.15, 0.2) is 5.58 Å². The Morgan fingerprint density at radius 1 is 1.04 bits per heavy atom. The molecule has 134 valence electrons. The minimum absolute atomic E-state index is 0.164. The second-order valence-electron chi connectivity index (χ2n) is 6.15. The molecule has 1 amide bonds. The summed E-state index contributed by atoms with van der Waals surface area (Å²) in [6.07, 6.45) is 0. The van der Waals surface area contributed by atoms with E-state index in [9.17, 15) is 4.79 Å². The van der Waals surface area contributed by atoms with Crippen LogP contribution in [0.2, 0.25) is 0 Å². The van der Waals surface area contributed by atoms with Crippen LogP contribution in [0.1, 0.15) is 15.9 Å². The monoisotopic (exact) mass is 358 g/mol. The predicted octanol–water partition coefficient (Wildman–Crippen LogP) is 4.89. The molecule has 1 aromatic heterocycles. The lowest BCUT2D eigenvalue weighted by Gasteiger charge is -2.07. The van der Waals surface area contributed by atoms with Crippen LogP contribution in [0.3, 0.4) is 0 Å². The molecule has 0 radical (unpaired) electrons. The van der Waals surface area contributed by atoms with Gasteiger partial charge in [-0.15, -0.1) is 0 Å². The maximum absolute atomic E-state index is 12.5. The largest absolute Gasteiger partial charge is 0.436 e. The van der Waals surface area contributed by atoms with E-state index >= 15 is 0 Å². The molecule has 4 rings (SSSR count). The fourth-order valence-corrected chi connectivity index (χ4v) is 2.86. The van der Waals surface area contributed by atoms with E-state index in [1.54, 1.807) is 13.2 Å². The summed E-state index contributed by atoms with van der Waals surface area (Å²) in [6, 6.07) is 22.4. The van der Waals surface area contributed by atoms with E-state index in [2.05, 4.69) is 10.3 Å². The molecule has 0 saturated heterocycles. The van der Waals surface area contributed by atoms with E-state index in [1.165, 1.54) is 0 Å². The van der Waals surface area contributed by atoms with Gasteiger partial charge in [-0.3, -0.25) is 4.79 Å². The molecule has 0 unspecified atom stereocenters. The molecule has 5 nitrogen and oxygen atoms in total. The molecule has 0 fully saturated rings. The van der Waals surface area contributed by atoms with Crippen molar-refractivity contribution >= 4 is 22.7 Å². The van der Waals surface area contributed by atoms with Gasteiger partial charge in [0.2, 0.25) is 5.89 Å². The van der Waals surface area contributed by atoms with Crippen molar-refractivity contribution in [3.63, 3.8) is 0 Å². The number of methoxy groups -OCH3 is 1. The van der Waals surface area contributed by atoms with Crippen molar-refractivity contribution in [2.45, 2.75) is 6.61 Å². The first-order valence-electron chi connectivity index (χ1n) is 8.58. The second kappa shape index (κ2) is 7.43. The van der Waals surface area contributed by atoms with Gasteiger partial charge in [-0.05, 0) is 54.1 Å². The highest BCUT2D eigenvalue weighted by atomic mass is 16.5. The number of hydrogen-bond acceptors (Lipinski definition) is 4. The zero-order valence-corrected chi connectivity index (χ0v) is 14.8. The maximum Gasteiger partial charge on any atom is 0.255 e. The zero-order valence-electron chi connectivity index (χ0n) is 14.8. The lowest BCUT2D eigenvalue weighted by Crippen LogP contribution is -2.12. The van der Waals surface area contributed by atoms with Crippen LogP contribution in [-0.2, 0) is 11.3 Å². The van der Waals surface area contributed by atoms with Crippen molar-refractivity contribution in [2.75, 3.05) is 12.4 Å². The Hall–Kier alpha value is -3.44. The minimum Gasteiger partial charge on any atom is -0.436 e. The van der Waals surface area contributed by atoms with E-state index in [0.29, 0.717) is 23.7 Å². The van der Waals surface area contributed by atoms with E-state index < -0.39 is 0 Å². The molecule has 27 heavy (non-hydrogen) atoms. The fourth-order valence-electron chi connectivity index (χ4n) is 2.86. The predicted molar refractivity (Wildman–Crippen MR) is 105 cm³/mol. The van der Waals surface area contributed by atoms with Crippen LogP contribution in [0.5, 0.6) is 0 Å². The summed E-state index contributed by atoms with van der Waals surface area (Å²) < 4.78 is 10.9. The van der Waals surface area contributed by atoms with Gasteiger partial charge >= 0.3 is 0 Å². The highest BCUT2D eigenvalue weighted by molar-refractivity contribution is 6.04. The highest BCUT2D eigenvalue weighted by Crippen LogP contribution is 2.25. The molecule has 3 aromatic carbocycles. The Morgan fingerprint density at radius 3 is 2.63 bits per heavy atom. The molecular weight excluding hydrogens is 340 g/mol. The van der Waals surface area contributed by atoms with Crippen molar-refractivity contribution in [2.24, 2.45) is 0 Å². The number of rotatable bonds is 5. The summed E-state index contributed by atoms with van der Waals surface area (Å²) >= 11 is 0. The van der Waals surface area contributed by atoms with Crippen LogP contribution in [0.25, 0.3) is 22.6 Å². The number of anilines is 1. The number of nitrogens with zero attached hydrogens (tertiary/aromatic N) is 1. The van der Waals surface area contributed by atoms with Gasteiger partial charge in [-0.2, -0.15) is 0 Å². The number of carbonyl (C=O) groups excluding carboxylic acids is 1. The molecule has 0 saturated carbocycles. The number of para-hydroxylation sites is 2. The number of fused-ring (bicyclic) bond motifs is 1. The van der Waals surface area contributed by atoms with E-state index in [-0.39, 0.29) is 5.91 Å². The fraction of sp³-hybridized carbons (Fsp3) is 0.0909. The molecule has 0 aliphatic carbocycles. The quantitative estimate of drug-likeness (QED) is 0.551. The first kappa shape index (κ1) is 17.0. The number of nitrogens with one attached hydrogen (secondary N) is 1. The van der Waals surface area contributed by atoms with Crippen molar-refractivity contribution < 1.29 is 13.9 Å². The SMILES string of the molecule is COCc1cccc(C(=O)Nc2ccc(-c3nc4ccccc4o3)cc2)c1. The average Bonchev–Trinajstić information content (AvgIpc) is 3.13. The molecule has 0 atom stereocenters. The Balaban J connectivity index is 1.50. The first-order valence-corrected chi connectivity index (χ1v) is 8.58. The van der Waals surface area contributed by atoms with Crippen LogP contribution >= 0.6 is 0 Å². The Labute approximate surface area is 156 Å². The topological polar surface area (TPSA) is 64.4 Å². The Morgan fingerprint density at radius 2 is 1.85 bits per heavy atom. The Kier molecular flexibility index (Phi) is 4.68. The number of oxazole rings is 1. The van der Waals surface area contributed by atoms with Gasteiger partial charge in [-0.1, -0.05) is 24.3 Å². The van der Waals surface area contributed by atoms with Crippen molar-refractivity contribution in [3.05, 3.63) is 83.9 Å². The van der Waals surface area contributed by atoms with Gasteiger partial charge < -0.3 is 14.5 Å². The third kappa shape index (κ3) is 3.73. The Bertz CT molecular complexity index is 1050. The third-order valence-electron chi connectivity index (χ3n) is 4.18. The maximum atomic E-state index is 12.5. The van der Waals surface area contributed by atoms with Crippen LogP contribution < -0.4 is 5.32 Å². The van der Waals surface area contributed by atoms with E-state index in [0.717, 1.165) is 22.2 Å². The normalized spacial score (nSPS) is 10.9. The van der Waals surface area contributed by atoms with Gasteiger partial charge in [0.25, 0.3) is 5.91 Å². The van der Waals surface area contributed by atoms with Gasteiger partial charge in [0.05, 0.1) is 6.61 Å². The highest BCUT2D eigenvalue weighted by Gasteiger charge is 2.10. The summed E-state index contributed by atoms with van der Waals surface area (Å²) in [6.45, 7) is 0.473. The molecule has 0 aliphatic heterocycles. The van der Waals surface area contributed by atoms with Crippen molar-refractivity contribution in [3.8, 4) is 11.5 Å². The molecule has 0 aliphatic rings. The molecule has 1 heterocycles. The summed E-state index contributed by atoms with van der Waals surface area (Å²) in [5.74, 6) is 0.393. The number of ether oxygens (including phenoxy) is 1. The number of carbonyl (C=O) groups is 1. The minimum atomic E-state index is -0.164. The van der Waals surface area contributed by atoms with Crippen molar-refractivity contribution in [1.29, 1.82) is 0 Å². The van der Waals surface area contributed by atoms with E-state index in [4.69, 9.17) is 9.15 Å². The second-order valence-corrected chi connectivity index (χ2v) is 6.15. The summed E-state index contributed by atoms with van der Waals surface area (Å²) in [5.41, 5.74) is 4.67. The number of benzene rings is 3. The summed E-state index contributed by atoms with van der Waals surface area (Å²) in [7, 11) is 1.63. The van der Waals surface area contributed by atoms with Crippen LogP contribution in [0.15, 0.2) is 77.2 Å². The smallest absolute Gasteiger partial charge is 0.255 e. The molecule has 0 bridgehead atoms. The summed E-state index contributed by atoms with van der Waals surface area (Å²) in [5, 5.41) is 2.90. The van der Waals surface area contributed by atoms with Crippen LogP contribution in [0, 0.1) is 0 Å².